The van der Waals surface area contributed by atoms with Crippen LogP contribution in [0.25, 0.3) is 0 Å². The molecule has 3 rings (SSSR count). The topological polar surface area (TPSA) is 73.9 Å². The van der Waals surface area contributed by atoms with Gasteiger partial charge in [0.1, 0.15) is 0 Å². The number of methoxy groups -OCH3 is 1. The Kier molecular flexibility index (Phi) is 5.57. The smallest absolute Gasteiger partial charge is 0.241 e. The van der Waals surface area contributed by atoms with Crippen LogP contribution >= 0.6 is 0 Å². The van der Waals surface area contributed by atoms with Crippen LogP contribution in [0, 0.1) is 0 Å². The summed E-state index contributed by atoms with van der Waals surface area (Å²) in [6.07, 6.45) is 0.769. The van der Waals surface area contributed by atoms with Crippen molar-refractivity contribution in [2.45, 2.75) is 24.5 Å². The van der Waals surface area contributed by atoms with Gasteiger partial charge in [0.2, 0.25) is 10.0 Å². The molecule has 0 saturated carbocycles. The number of rotatable bonds is 6. The van der Waals surface area contributed by atoms with Crippen LogP contribution in [0.15, 0.2) is 47.4 Å². The van der Waals surface area contributed by atoms with Crippen molar-refractivity contribution in [3.8, 4) is 11.5 Å². The fourth-order valence-electron chi connectivity index (χ4n) is 2.59. The second-order valence-electron chi connectivity index (χ2n) is 5.69. The Morgan fingerprint density at radius 3 is 2.52 bits per heavy atom. The van der Waals surface area contributed by atoms with Gasteiger partial charge in [-0.3, -0.25) is 0 Å². The van der Waals surface area contributed by atoms with Crippen LogP contribution < -0.4 is 14.2 Å². The third kappa shape index (κ3) is 4.31. The van der Waals surface area contributed by atoms with E-state index in [4.69, 9.17) is 14.2 Å². The summed E-state index contributed by atoms with van der Waals surface area (Å²) in [5.74, 6) is 1.03. The Morgan fingerprint density at radius 2 is 1.76 bits per heavy atom. The molecule has 0 bridgehead atoms. The van der Waals surface area contributed by atoms with Gasteiger partial charge in [-0.1, -0.05) is 24.3 Å². The first kappa shape index (κ1) is 17.7. The molecule has 0 unspecified atom stereocenters. The van der Waals surface area contributed by atoms with Crippen molar-refractivity contribution in [3.63, 3.8) is 0 Å². The van der Waals surface area contributed by atoms with Crippen LogP contribution in [0.2, 0.25) is 0 Å². The first-order valence-corrected chi connectivity index (χ1v) is 9.53. The first-order chi connectivity index (χ1) is 12.1. The van der Waals surface area contributed by atoms with Gasteiger partial charge >= 0.3 is 0 Å². The minimum absolute atomic E-state index is 0.154. The van der Waals surface area contributed by atoms with E-state index in [9.17, 15) is 8.42 Å². The molecule has 0 fully saturated rings. The van der Waals surface area contributed by atoms with E-state index in [0.717, 1.165) is 17.5 Å². The van der Waals surface area contributed by atoms with Gasteiger partial charge in [0.25, 0.3) is 0 Å². The maximum Gasteiger partial charge on any atom is 0.241 e. The molecule has 0 aliphatic carbocycles. The summed E-state index contributed by atoms with van der Waals surface area (Å²) in [6, 6.07) is 12.2. The lowest BCUT2D eigenvalue weighted by Gasteiger charge is -2.12. The first-order valence-electron chi connectivity index (χ1n) is 8.05. The van der Waals surface area contributed by atoms with Crippen LogP contribution in [0.1, 0.15) is 17.5 Å². The number of hydrogen-bond acceptors (Lipinski definition) is 5. The maximum atomic E-state index is 12.6. The highest BCUT2D eigenvalue weighted by Gasteiger charge is 2.19. The molecule has 7 heteroatoms. The van der Waals surface area contributed by atoms with Crippen molar-refractivity contribution in [3.05, 3.63) is 53.6 Å². The van der Waals surface area contributed by atoms with E-state index in [1.54, 1.807) is 13.2 Å². The standard InChI is InChI=1S/C18H21NO5S/c1-22-13-15-6-3-2-5-14(15)12-19-25(20,21)16-7-8-17-18(11-16)24-10-4-9-23-17/h2-3,5-8,11,19H,4,9-10,12-13H2,1H3. The normalized spacial score (nSPS) is 14.1. The predicted octanol–water partition coefficient (Wildman–Crippen LogP) is 2.47. The SMILES string of the molecule is COCc1ccccc1CNS(=O)(=O)c1ccc2c(c1)OCCCO2. The van der Waals surface area contributed by atoms with Crippen molar-refractivity contribution < 1.29 is 22.6 Å². The van der Waals surface area contributed by atoms with E-state index in [1.807, 2.05) is 24.3 Å². The van der Waals surface area contributed by atoms with Gasteiger partial charge in [-0.15, -0.1) is 0 Å². The number of nitrogens with one attached hydrogen (secondary N) is 1. The largest absolute Gasteiger partial charge is 0.490 e. The predicted molar refractivity (Wildman–Crippen MR) is 93.2 cm³/mol. The molecule has 25 heavy (non-hydrogen) atoms. The van der Waals surface area contributed by atoms with Gasteiger partial charge in [0.05, 0.1) is 24.7 Å². The highest BCUT2D eigenvalue weighted by molar-refractivity contribution is 7.89. The maximum absolute atomic E-state index is 12.6. The Hall–Kier alpha value is -2.09. The highest BCUT2D eigenvalue weighted by Crippen LogP contribution is 2.31. The zero-order chi connectivity index (χ0) is 17.7. The van der Waals surface area contributed by atoms with E-state index in [1.165, 1.54) is 12.1 Å². The van der Waals surface area contributed by atoms with Crippen molar-refractivity contribution in [1.82, 2.24) is 4.72 Å². The summed E-state index contributed by atoms with van der Waals surface area (Å²) in [4.78, 5) is 0.154. The number of hydrogen-bond donors (Lipinski definition) is 1. The Morgan fingerprint density at radius 1 is 1.04 bits per heavy atom. The van der Waals surface area contributed by atoms with E-state index in [2.05, 4.69) is 4.72 Å². The summed E-state index contributed by atoms with van der Waals surface area (Å²) in [5, 5.41) is 0. The van der Waals surface area contributed by atoms with Crippen LogP contribution in [-0.2, 0) is 27.9 Å². The molecule has 0 saturated heterocycles. The molecule has 134 valence electrons. The van der Waals surface area contributed by atoms with Crippen LogP contribution in [0.5, 0.6) is 11.5 Å². The molecule has 0 aromatic heterocycles. The molecule has 0 amide bonds. The summed E-state index contributed by atoms with van der Waals surface area (Å²) < 4.78 is 44.1. The Labute approximate surface area is 147 Å². The Bertz CT molecular complexity index is 835. The third-order valence-electron chi connectivity index (χ3n) is 3.90. The molecule has 1 aliphatic rings. The molecule has 2 aromatic carbocycles. The average Bonchev–Trinajstić information content (AvgIpc) is 2.86. The van der Waals surface area contributed by atoms with Crippen molar-refractivity contribution >= 4 is 10.0 Å². The molecule has 1 heterocycles. The lowest BCUT2D eigenvalue weighted by atomic mass is 10.1. The van der Waals surface area contributed by atoms with Crippen molar-refractivity contribution in [2.75, 3.05) is 20.3 Å². The molecule has 0 atom stereocenters. The van der Waals surface area contributed by atoms with Crippen LogP contribution in [0.3, 0.4) is 0 Å². The van der Waals surface area contributed by atoms with Gasteiger partial charge in [-0.2, -0.15) is 0 Å². The van der Waals surface area contributed by atoms with Crippen LogP contribution in [-0.4, -0.2) is 28.7 Å². The van der Waals surface area contributed by atoms with E-state index >= 15 is 0 Å². The van der Waals surface area contributed by atoms with E-state index in [-0.39, 0.29) is 11.4 Å². The lowest BCUT2D eigenvalue weighted by Crippen LogP contribution is -2.24. The van der Waals surface area contributed by atoms with Crippen LogP contribution in [0.4, 0.5) is 0 Å². The third-order valence-corrected chi connectivity index (χ3v) is 5.30. The number of fused-ring (bicyclic) bond motifs is 1. The molecule has 1 aliphatic heterocycles. The average molecular weight is 363 g/mol. The summed E-state index contributed by atoms with van der Waals surface area (Å²) in [7, 11) is -2.05. The van der Waals surface area contributed by atoms with Crippen molar-refractivity contribution in [1.29, 1.82) is 0 Å². The number of sulfonamides is 1. The van der Waals surface area contributed by atoms with Gasteiger partial charge < -0.3 is 14.2 Å². The van der Waals surface area contributed by atoms with Gasteiger partial charge in [0.15, 0.2) is 11.5 Å². The Balaban J connectivity index is 1.77. The van der Waals surface area contributed by atoms with Gasteiger partial charge in [-0.25, -0.2) is 13.1 Å². The zero-order valence-corrected chi connectivity index (χ0v) is 14.8. The monoisotopic (exact) mass is 363 g/mol. The van der Waals surface area contributed by atoms with E-state index in [0.29, 0.717) is 31.3 Å². The quantitative estimate of drug-likeness (QED) is 0.853. The minimum atomic E-state index is -3.66. The fourth-order valence-corrected chi connectivity index (χ4v) is 3.61. The summed E-state index contributed by atoms with van der Waals surface area (Å²) in [6.45, 7) is 1.69. The fraction of sp³-hybridized carbons (Fsp3) is 0.333. The molecular formula is C18H21NO5S. The molecule has 2 aromatic rings. The number of ether oxygens (including phenoxy) is 3. The molecule has 1 N–H and O–H groups in total. The lowest BCUT2D eigenvalue weighted by molar-refractivity contribution is 0.184. The molecule has 0 radical (unpaired) electrons. The number of benzene rings is 2. The minimum Gasteiger partial charge on any atom is -0.490 e. The summed E-state index contributed by atoms with van der Waals surface area (Å²) >= 11 is 0. The second kappa shape index (κ2) is 7.86. The second-order valence-corrected chi connectivity index (χ2v) is 7.45. The van der Waals surface area contributed by atoms with Gasteiger partial charge in [-0.05, 0) is 23.3 Å². The zero-order valence-electron chi connectivity index (χ0n) is 14.0. The molecule has 0 spiro atoms. The van der Waals surface area contributed by atoms with Gasteiger partial charge in [0, 0.05) is 26.1 Å². The molecular weight excluding hydrogens is 342 g/mol. The summed E-state index contributed by atoms with van der Waals surface area (Å²) in [5.41, 5.74) is 1.83. The van der Waals surface area contributed by atoms with Crippen molar-refractivity contribution in [2.24, 2.45) is 0 Å². The van der Waals surface area contributed by atoms with E-state index < -0.39 is 10.0 Å². The highest BCUT2D eigenvalue weighted by atomic mass is 32.2. The molecule has 6 nitrogen and oxygen atoms in total.